The van der Waals surface area contributed by atoms with Gasteiger partial charge in [0.1, 0.15) is 11.6 Å². The molecule has 1 N–H and O–H groups in total. The molecule has 2 aromatic rings. The van der Waals surface area contributed by atoms with E-state index in [1.807, 2.05) is 12.1 Å². The molecule has 1 heterocycles. The van der Waals surface area contributed by atoms with Crippen molar-refractivity contribution in [1.82, 2.24) is 4.90 Å². The summed E-state index contributed by atoms with van der Waals surface area (Å²) in [5.41, 5.74) is 0.130. The van der Waals surface area contributed by atoms with E-state index in [1.54, 1.807) is 30.9 Å². The minimum Gasteiger partial charge on any atom is -0.478 e. The van der Waals surface area contributed by atoms with Crippen molar-refractivity contribution in [3.8, 4) is 5.75 Å². The van der Waals surface area contributed by atoms with Crippen LogP contribution in [0, 0.1) is 11.7 Å². The molecule has 3 rings (SSSR count). The van der Waals surface area contributed by atoms with E-state index in [9.17, 15) is 19.1 Å². The third kappa shape index (κ3) is 5.13. The number of carboxylic acid groups (broad SMARTS) is 1. The molecule has 2 aromatic carbocycles. The largest absolute Gasteiger partial charge is 0.478 e. The molecule has 1 fully saturated rings. The summed E-state index contributed by atoms with van der Waals surface area (Å²) in [7, 11) is 0. The Kier molecular flexibility index (Phi) is 6.20. The van der Waals surface area contributed by atoms with E-state index >= 15 is 0 Å². The van der Waals surface area contributed by atoms with Crippen LogP contribution in [0.1, 0.15) is 42.6 Å². The third-order valence-electron chi connectivity index (χ3n) is 5.36. The van der Waals surface area contributed by atoms with Crippen LogP contribution in [0.25, 0.3) is 0 Å². The summed E-state index contributed by atoms with van der Waals surface area (Å²) in [5.74, 6) is -0.585. The molecule has 29 heavy (non-hydrogen) atoms. The summed E-state index contributed by atoms with van der Waals surface area (Å²) >= 11 is 0. The lowest BCUT2D eigenvalue weighted by Gasteiger charge is -2.37. The van der Waals surface area contributed by atoms with Crippen molar-refractivity contribution in [1.29, 1.82) is 0 Å². The Bertz CT molecular complexity index is 871. The van der Waals surface area contributed by atoms with Crippen LogP contribution in [0.4, 0.5) is 4.39 Å². The van der Waals surface area contributed by atoms with Crippen molar-refractivity contribution in [3.63, 3.8) is 0 Å². The van der Waals surface area contributed by atoms with Crippen LogP contribution in [0.2, 0.25) is 0 Å². The first-order chi connectivity index (χ1) is 13.8. The molecule has 1 amide bonds. The summed E-state index contributed by atoms with van der Waals surface area (Å²) < 4.78 is 18.9. The Hall–Kier alpha value is -2.89. The topological polar surface area (TPSA) is 66.8 Å². The number of benzene rings is 2. The molecular weight excluding hydrogens is 373 g/mol. The molecule has 1 saturated heterocycles. The number of ether oxygens (including phenoxy) is 1. The van der Waals surface area contributed by atoms with Gasteiger partial charge in [0, 0.05) is 13.1 Å². The highest BCUT2D eigenvalue weighted by Crippen LogP contribution is 2.27. The number of piperidine rings is 1. The second-order valence-electron chi connectivity index (χ2n) is 7.97. The number of carbonyl (C=O) groups excluding carboxylic acids is 1. The molecule has 0 radical (unpaired) electrons. The van der Waals surface area contributed by atoms with E-state index in [0.29, 0.717) is 36.7 Å². The van der Waals surface area contributed by atoms with Crippen LogP contribution >= 0.6 is 0 Å². The van der Waals surface area contributed by atoms with Crippen molar-refractivity contribution >= 4 is 11.9 Å². The van der Waals surface area contributed by atoms with Crippen molar-refractivity contribution in [2.45, 2.75) is 38.7 Å². The molecule has 0 bridgehead atoms. The normalized spacial score (nSPS) is 15.2. The fourth-order valence-electron chi connectivity index (χ4n) is 3.78. The van der Waals surface area contributed by atoms with Crippen LogP contribution < -0.4 is 4.74 Å². The van der Waals surface area contributed by atoms with Gasteiger partial charge in [-0.3, -0.25) is 4.79 Å². The van der Waals surface area contributed by atoms with Crippen molar-refractivity contribution in [3.05, 3.63) is 65.5 Å². The van der Waals surface area contributed by atoms with Crippen LogP contribution in [0.15, 0.2) is 48.5 Å². The number of rotatable bonds is 6. The first-order valence-corrected chi connectivity index (χ1v) is 9.81. The maximum absolute atomic E-state index is 13.1. The number of nitrogens with zero attached hydrogens (tertiary/aromatic N) is 1. The van der Waals surface area contributed by atoms with E-state index in [4.69, 9.17) is 4.74 Å². The number of likely N-dealkylation sites (tertiary alicyclic amines) is 1. The standard InChI is InChI=1S/C23H26FNO4/c1-23(2,29-19-9-7-18(24)8-10-19)22(28)25-13-11-16(12-14-25)15-17-5-3-4-6-20(17)21(26)27/h3-10,16H,11-15H2,1-2H3,(H,26,27). The Balaban J connectivity index is 1.57. The fraction of sp³-hybridized carbons (Fsp3) is 0.391. The van der Waals surface area contributed by atoms with Crippen molar-refractivity contribution in [2.75, 3.05) is 13.1 Å². The maximum Gasteiger partial charge on any atom is 0.335 e. The zero-order chi connectivity index (χ0) is 21.0. The number of hydrogen-bond donors (Lipinski definition) is 1. The average molecular weight is 399 g/mol. The average Bonchev–Trinajstić information content (AvgIpc) is 2.70. The lowest BCUT2D eigenvalue weighted by atomic mass is 9.88. The highest BCUT2D eigenvalue weighted by atomic mass is 19.1. The van der Waals surface area contributed by atoms with Gasteiger partial charge in [-0.1, -0.05) is 18.2 Å². The lowest BCUT2D eigenvalue weighted by Crippen LogP contribution is -2.51. The molecule has 0 aliphatic carbocycles. The SMILES string of the molecule is CC(C)(Oc1ccc(F)cc1)C(=O)N1CCC(Cc2ccccc2C(=O)O)CC1. The molecule has 0 unspecified atom stereocenters. The van der Waals surface area contributed by atoms with E-state index in [2.05, 4.69) is 0 Å². The Labute approximate surface area is 170 Å². The van der Waals surface area contributed by atoms with E-state index in [-0.39, 0.29) is 11.7 Å². The van der Waals surface area contributed by atoms with Gasteiger partial charge in [0.05, 0.1) is 5.56 Å². The van der Waals surface area contributed by atoms with E-state index in [0.717, 1.165) is 18.4 Å². The van der Waals surface area contributed by atoms with E-state index < -0.39 is 11.6 Å². The maximum atomic E-state index is 13.1. The Morgan fingerprint density at radius 1 is 1.10 bits per heavy atom. The summed E-state index contributed by atoms with van der Waals surface area (Å²) in [6, 6.07) is 12.7. The van der Waals surface area contributed by atoms with Crippen LogP contribution in [-0.4, -0.2) is 40.6 Å². The summed E-state index contributed by atoms with van der Waals surface area (Å²) in [6.07, 6.45) is 2.32. The second kappa shape index (κ2) is 8.64. The third-order valence-corrected chi connectivity index (χ3v) is 5.36. The summed E-state index contributed by atoms with van der Waals surface area (Å²) in [6.45, 7) is 4.64. The molecule has 1 aliphatic heterocycles. The van der Waals surface area contributed by atoms with Gasteiger partial charge in [0.25, 0.3) is 5.91 Å². The molecule has 6 heteroatoms. The van der Waals surface area contributed by atoms with Gasteiger partial charge in [-0.05, 0) is 74.9 Å². The van der Waals surface area contributed by atoms with Gasteiger partial charge in [-0.25, -0.2) is 9.18 Å². The smallest absolute Gasteiger partial charge is 0.335 e. The van der Waals surface area contributed by atoms with Gasteiger partial charge in [0.15, 0.2) is 5.60 Å². The predicted molar refractivity (Wildman–Crippen MR) is 108 cm³/mol. The number of aromatic carboxylic acids is 1. The highest BCUT2D eigenvalue weighted by Gasteiger charge is 2.36. The lowest BCUT2D eigenvalue weighted by molar-refractivity contribution is -0.146. The molecule has 0 saturated carbocycles. The van der Waals surface area contributed by atoms with Gasteiger partial charge in [-0.2, -0.15) is 0 Å². The molecule has 154 valence electrons. The molecule has 0 atom stereocenters. The molecule has 5 nitrogen and oxygen atoms in total. The van der Waals surface area contributed by atoms with Crippen LogP contribution in [0.5, 0.6) is 5.75 Å². The predicted octanol–water partition coefficient (Wildman–Crippen LogP) is 4.16. The van der Waals surface area contributed by atoms with Gasteiger partial charge in [-0.15, -0.1) is 0 Å². The van der Waals surface area contributed by atoms with Gasteiger partial charge in [0.2, 0.25) is 0 Å². The van der Waals surface area contributed by atoms with Crippen molar-refractivity contribution < 1.29 is 23.8 Å². The van der Waals surface area contributed by atoms with Crippen LogP contribution in [-0.2, 0) is 11.2 Å². The molecule has 0 spiro atoms. The fourth-order valence-corrected chi connectivity index (χ4v) is 3.78. The zero-order valence-corrected chi connectivity index (χ0v) is 16.7. The minimum absolute atomic E-state index is 0.105. The molecule has 1 aliphatic rings. The van der Waals surface area contributed by atoms with Crippen molar-refractivity contribution in [2.24, 2.45) is 5.92 Å². The second-order valence-corrected chi connectivity index (χ2v) is 7.97. The number of amides is 1. The summed E-state index contributed by atoms with van der Waals surface area (Å²) in [4.78, 5) is 26.1. The molecular formula is C23H26FNO4. The van der Waals surface area contributed by atoms with E-state index in [1.165, 1.54) is 24.3 Å². The Morgan fingerprint density at radius 2 is 1.72 bits per heavy atom. The number of hydrogen-bond acceptors (Lipinski definition) is 3. The monoisotopic (exact) mass is 399 g/mol. The first-order valence-electron chi connectivity index (χ1n) is 9.81. The Morgan fingerprint density at radius 3 is 2.34 bits per heavy atom. The number of halogens is 1. The minimum atomic E-state index is -1.05. The van der Waals surface area contributed by atoms with Gasteiger partial charge < -0.3 is 14.7 Å². The highest BCUT2D eigenvalue weighted by molar-refractivity contribution is 5.89. The number of carboxylic acids is 1. The first kappa shape index (κ1) is 20.8. The summed E-state index contributed by atoms with van der Waals surface area (Å²) in [5, 5.41) is 9.35. The zero-order valence-electron chi connectivity index (χ0n) is 16.7. The quantitative estimate of drug-likeness (QED) is 0.792. The van der Waals surface area contributed by atoms with Crippen LogP contribution in [0.3, 0.4) is 0 Å². The molecule has 0 aromatic heterocycles. The van der Waals surface area contributed by atoms with Gasteiger partial charge >= 0.3 is 5.97 Å². The number of carbonyl (C=O) groups is 2.